The van der Waals surface area contributed by atoms with Gasteiger partial charge in [0.05, 0.1) is 18.1 Å². The highest BCUT2D eigenvalue weighted by molar-refractivity contribution is 7.11. The molecule has 0 radical (unpaired) electrons. The molecule has 2 aromatic heterocycles. The minimum atomic E-state index is -2.77. The Labute approximate surface area is 159 Å². The second-order valence-corrected chi connectivity index (χ2v) is 7.60. The van der Waals surface area contributed by atoms with Crippen LogP contribution >= 0.6 is 11.3 Å². The number of halogens is 5. The monoisotopic (exact) mass is 418 g/mol. The van der Waals surface area contributed by atoms with Crippen LogP contribution in [-0.2, 0) is 6.54 Å². The Morgan fingerprint density at radius 3 is 2.71 bits per heavy atom. The number of piperidine rings is 1. The molecule has 3 aromatic rings. The highest BCUT2D eigenvalue weighted by Gasteiger charge is 2.30. The van der Waals surface area contributed by atoms with E-state index in [-0.39, 0.29) is 48.0 Å². The van der Waals surface area contributed by atoms with Crippen LogP contribution in [0.3, 0.4) is 0 Å². The summed E-state index contributed by atoms with van der Waals surface area (Å²) in [5, 5.41) is 6.91. The van der Waals surface area contributed by atoms with Crippen LogP contribution in [0.5, 0.6) is 0 Å². The van der Waals surface area contributed by atoms with E-state index in [2.05, 4.69) is 15.2 Å². The van der Waals surface area contributed by atoms with Gasteiger partial charge in [0, 0.05) is 25.2 Å². The van der Waals surface area contributed by atoms with Gasteiger partial charge in [-0.25, -0.2) is 26.9 Å². The number of rotatable bonds is 4. The van der Waals surface area contributed by atoms with Crippen LogP contribution in [0.4, 0.5) is 27.9 Å². The maximum atomic E-state index is 14.5. The number of anilines is 1. The molecule has 0 aliphatic carbocycles. The van der Waals surface area contributed by atoms with Crippen LogP contribution in [0, 0.1) is 11.6 Å². The zero-order valence-electron chi connectivity index (χ0n) is 14.3. The second kappa shape index (κ2) is 7.24. The van der Waals surface area contributed by atoms with E-state index in [0.717, 1.165) is 6.07 Å². The van der Waals surface area contributed by atoms with E-state index in [1.807, 2.05) is 0 Å². The molecule has 1 aliphatic rings. The maximum Gasteiger partial charge on any atom is 0.291 e. The summed E-state index contributed by atoms with van der Waals surface area (Å²) < 4.78 is 68.9. The molecule has 2 atom stereocenters. The van der Waals surface area contributed by atoms with Crippen molar-refractivity contribution in [3.8, 4) is 0 Å². The molecule has 1 aromatic carbocycles. The molecule has 1 fully saturated rings. The summed E-state index contributed by atoms with van der Waals surface area (Å²) in [5.41, 5.74) is 5.86. The molecule has 4 rings (SSSR count). The summed E-state index contributed by atoms with van der Waals surface area (Å²) in [6.07, 6.45) is -3.77. The molecule has 2 N–H and O–H groups in total. The summed E-state index contributed by atoms with van der Waals surface area (Å²) in [7, 11) is 0. The average molecular weight is 418 g/mol. The fraction of sp³-hybridized carbons (Fsp3) is 0.438. The molecule has 0 bridgehead atoms. The molecule has 0 spiro atoms. The molecule has 0 amide bonds. The van der Waals surface area contributed by atoms with Crippen molar-refractivity contribution in [2.45, 2.75) is 31.6 Å². The van der Waals surface area contributed by atoms with Crippen molar-refractivity contribution >= 4 is 28.3 Å². The lowest BCUT2D eigenvalue weighted by atomic mass is 10.1. The van der Waals surface area contributed by atoms with E-state index in [0.29, 0.717) is 17.4 Å². The van der Waals surface area contributed by atoms with Gasteiger partial charge in [0.25, 0.3) is 6.43 Å². The Hall–Kier alpha value is -2.34. The Bertz CT molecular complexity index is 1000. The van der Waals surface area contributed by atoms with Crippen LogP contribution in [0.2, 0.25) is 0 Å². The van der Waals surface area contributed by atoms with Crippen LogP contribution in [0.1, 0.15) is 22.9 Å². The minimum Gasteiger partial charge on any atom is -0.340 e. The Morgan fingerprint density at radius 2 is 2.04 bits per heavy atom. The topological polar surface area (TPSA) is 72.9 Å². The van der Waals surface area contributed by atoms with E-state index >= 15 is 0 Å². The number of fused-ring (bicyclic) bond motifs is 1. The lowest BCUT2D eigenvalue weighted by molar-refractivity contribution is 0.150. The Balaban J connectivity index is 1.79. The summed E-state index contributed by atoms with van der Waals surface area (Å²) in [4.78, 5) is 5.97. The van der Waals surface area contributed by atoms with E-state index in [9.17, 15) is 22.0 Å². The first-order valence-corrected chi connectivity index (χ1v) is 9.25. The zero-order valence-corrected chi connectivity index (χ0v) is 15.1. The van der Waals surface area contributed by atoms with Gasteiger partial charge in [-0.2, -0.15) is 0 Å². The number of benzene rings is 1. The molecule has 28 heavy (non-hydrogen) atoms. The smallest absolute Gasteiger partial charge is 0.291 e. The van der Waals surface area contributed by atoms with Crippen molar-refractivity contribution in [1.82, 2.24) is 19.7 Å². The van der Waals surface area contributed by atoms with Crippen LogP contribution in [-0.4, -0.2) is 45.1 Å². The van der Waals surface area contributed by atoms with Gasteiger partial charge in [-0.05, 0) is 6.42 Å². The molecule has 3 heterocycles. The summed E-state index contributed by atoms with van der Waals surface area (Å²) in [6.45, 7) is 0.317. The molecular formula is C16H15F5N6S. The minimum absolute atomic E-state index is 0.00106. The van der Waals surface area contributed by atoms with Crippen LogP contribution in [0.25, 0.3) is 11.0 Å². The SMILES string of the molecule is NC1CN(c2nc3cc(F)cc(F)c3n2Cc2nnc(C(F)F)s2)CCC1F. The molecule has 12 heteroatoms. The number of nitrogens with two attached hydrogens (primary N) is 1. The van der Waals surface area contributed by atoms with Crippen molar-refractivity contribution in [2.75, 3.05) is 18.0 Å². The summed E-state index contributed by atoms with van der Waals surface area (Å²) >= 11 is 0.693. The Kier molecular flexibility index (Phi) is 4.91. The lowest BCUT2D eigenvalue weighted by Gasteiger charge is -2.34. The largest absolute Gasteiger partial charge is 0.340 e. The third-order valence-electron chi connectivity index (χ3n) is 4.56. The molecule has 2 unspecified atom stereocenters. The second-order valence-electron chi connectivity index (χ2n) is 6.50. The number of aromatic nitrogens is 4. The first-order chi connectivity index (χ1) is 13.3. The molecule has 1 aliphatic heterocycles. The zero-order chi connectivity index (χ0) is 20.0. The first kappa shape index (κ1) is 19.0. The van der Waals surface area contributed by atoms with E-state index in [1.165, 1.54) is 4.57 Å². The number of nitrogens with zero attached hydrogens (tertiary/aromatic N) is 5. The number of hydrogen-bond donors (Lipinski definition) is 1. The molecule has 150 valence electrons. The average Bonchev–Trinajstić information content (AvgIpc) is 3.23. The lowest BCUT2D eigenvalue weighted by Crippen LogP contribution is -2.50. The van der Waals surface area contributed by atoms with E-state index < -0.39 is 35.3 Å². The summed E-state index contributed by atoms with van der Waals surface area (Å²) in [5.74, 6) is -1.40. The van der Waals surface area contributed by atoms with Gasteiger partial charge >= 0.3 is 0 Å². The van der Waals surface area contributed by atoms with Gasteiger partial charge in [0.1, 0.15) is 22.5 Å². The predicted octanol–water partition coefficient (Wildman–Crippen LogP) is 3.03. The van der Waals surface area contributed by atoms with Gasteiger partial charge in [-0.1, -0.05) is 11.3 Å². The number of hydrogen-bond acceptors (Lipinski definition) is 6. The number of imidazole rings is 1. The molecule has 1 saturated heterocycles. The van der Waals surface area contributed by atoms with Gasteiger partial charge in [0.2, 0.25) is 5.95 Å². The third kappa shape index (κ3) is 3.41. The summed E-state index contributed by atoms with van der Waals surface area (Å²) in [6, 6.07) is 1.04. The first-order valence-electron chi connectivity index (χ1n) is 8.43. The third-order valence-corrected chi connectivity index (χ3v) is 5.47. The van der Waals surface area contributed by atoms with Gasteiger partial charge in [-0.15, -0.1) is 10.2 Å². The molecular weight excluding hydrogens is 403 g/mol. The van der Waals surface area contributed by atoms with Crippen LogP contribution in [0.15, 0.2) is 12.1 Å². The van der Waals surface area contributed by atoms with Crippen LogP contribution < -0.4 is 10.6 Å². The van der Waals surface area contributed by atoms with Crippen molar-refractivity contribution in [3.05, 3.63) is 33.8 Å². The van der Waals surface area contributed by atoms with Gasteiger partial charge in [0.15, 0.2) is 10.8 Å². The van der Waals surface area contributed by atoms with Gasteiger partial charge < -0.3 is 15.2 Å². The number of alkyl halides is 3. The fourth-order valence-corrected chi connectivity index (χ4v) is 3.94. The Morgan fingerprint density at radius 1 is 1.25 bits per heavy atom. The standard InChI is InChI=1S/C16H15F5N6S/c17-7-3-9(19)13-11(4-7)23-16(26-2-1-8(18)10(22)5-26)27(13)6-12-24-25-15(28-12)14(20)21/h3-4,8,10,14H,1-2,5-6,22H2. The molecule has 6 nitrogen and oxygen atoms in total. The highest BCUT2D eigenvalue weighted by atomic mass is 32.1. The highest BCUT2D eigenvalue weighted by Crippen LogP contribution is 2.30. The van der Waals surface area contributed by atoms with Crippen molar-refractivity contribution in [2.24, 2.45) is 5.73 Å². The quantitative estimate of drug-likeness (QED) is 0.660. The van der Waals surface area contributed by atoms with Gasteiger partial charge in [-0.3, -0.25) is 0 Å². The van der Waals surface area contributed by atoms with E-state index in [4.69, 9.17) is 5.73 Å². The normalized spacial score (nSPS) is 20.5. The predicted molar refractivity (Wildman–Crippen MR) is 93.3 cm³/mol. The van der Waals surface area contributed by atoms with E-state index in [1.54, 1.807) is 4.90 Å². The maximum absolute atomic E-state index is 14.5. The van der Waals surface area contributed by atoms with Crippen molar-refractivity contribution < 1.29 is 22.0 Å². The fourth-order valence-electron chi connectivity index (χ4n) is 3.25. The van der Waals surface area contributed by atoms with Crippen molar-refractivity contribution in [3.63, 3.8) is 0 Å². The van der Waals surface area contributed by atoms with Crippen molar-refractivity contribution in [1.29, 1.82) is 0 Å². The molecule has 0 saturated carbocycles.